The molecule has 1 aliphatic rings. The summed E-state index contributed by atoms with van der Waals surface area (Å²) in [6, 6.07) is 17.2. The Hall–Kier alpha value is -1.27. The number of aryl methyl sites for hydroxylation is 1. The summed E-state index contributed by atoms with van der Waals surface area (Å²) in [5.74, 6) is 0.471. The first-order valence-corrected chi connectivity index (χ1v) is 13.8. The molecule has 0 saturated carbocycles. The largest absolute Gasteiger partial charge is 0.487 e. The van der Waals surface area contributed by atoms with Crippen molar-refractivity contribution in [3.05, 3.63) is 98.9 Å². The van der Waals surface area contributed by atoms with Crippen LogP contribution in [0.2, 0.25) is 10.0 Å². The van der Waals surface area contributed by atoms with Gasteiger partial charge in [0, 0.05) is 0 Å². The number of benzene rings is 3. The van der Waals surface area contributed by atoms with Crippen molar-refractivity contribution in [2.75, 3.05) is 0 Å². The molecular weight excluding hydrogens is 719 g/mol. The number of carbonyl (C=O) groups excluding carboxylic acids is 2. The first-order valence-electron chi connectivity index (χ1n) is 10.1. The maximum atomic E-state index is 12.9. The highest BCUT2D eigenvalue weighted by Gasteiger charge is 2.35. The van der Waals surface area contributed by atoms with Gasteiger partial charge in [-0.3, -0.25) is 14.5 Å². The van der Waals surface area contributed by atoms with Crippen LogP contribution in [0.5, 0.6) is 5.75 Å². The molecule has 0 radical (unpaired) electrons. The number of carbonyl (C=O) groups is 2. The second-order valence-electron chi connectivity index (χ2n) is 7.61. The molecular formula is C25H17Cl2I2NO3S. The first-order chi connectivity index (χ1) is 16.2. The summed E-state index contributed by atoms with van der Waals surface area (Å²) in [7, 11) is 0. The van der Waals surface area contributed by atoms with Crippen LogP contribution >= 0.6 is 80.1 Å². The number of hydrogen-bond acceptors (Lipinski definition) is 4. The zero-order chi connectivity index (χ0) is 24.4. The second kappa shape index (κ2) is 11.2. The Labute approximate surface area is 239 Å². The maximum Gasteiger partial charge on any atom is 0.293 e. The van der Waals surface area contributed by atoms with Crippen molar-refractivity contribution in [1.29, 1.82) is 0 Å². The second-order valence-corrected chi connectivity index (χ2v) is 11.7. The van der Waals surface area contributed by atoms with Crippen LogP contribution in [-0.2, 0) is 17.9 Å². The standard InChI is InChI=1S/C25H17Cl2I2NO3S/c1-14-3-2-4-16(7-14)13-33-23-20(28)9-17(10-21(23)29)11-22-24(31)30(25(32)34-22)12-15-5-6-18(26)19(27)8-15/h2-11H,12-13H2,1H3/b22-11-. The quantitative estimate of drug-likeness (QED) is 0.189. The van der Waals surface area contributed by atoms with Gasteiger partial charge in [0.25, 0.3) is 11.1 Å². The van der Waals surface area contributed by atoms with Gasteiger partial charge in [-0.2, -0.15) is 0 Å². The molecule has 2 amide bonds. The average Bonchev–Trinajstić information content (AvgIpc) is 3.03. The van der Waals surface area contributed by atoms with Gasteiger partial charge in [-0.25, -0.2) is 0 Å². The van der Waals surface area contributed by atoms with Crippen LogP contribution in [0, 0.1) is 14.1 Å². The molecule has 1 saturated heterocycles. The number of halogens is 4. The van der Waals surface area contributed by atoms with Gasteiger partial charge in [-0.15, -0.1) is 0 Å². The highest BCUT2D eigenvalue weighted by molar-refractivity contribution is 14.1. The lowest BCUT2D eigenvalue weighted by Gasteiger charge is -2.13. The lowest BCUT2D eigenvalue weighted by molar-refractivity contribution is -0.123. The maximum absolute atomic E-state index is 12.9. The predicted octanol–water partition coefficient (Wildman–Crippen LogP) is 8.33. The van der Waals surface area contributed by atoms with E-state index < -0.39 is 0 Å². The van der Waals surface area contributed by atoms with Crippen LogP contribution in [0.15, 0.2) is 59.5 Å². The fraction of sp³-hybridized carbons (Fsp3) is 0.120. The Morgan fingerprint density at radius 2 is 1.71 bits per heavy atom. The van der Waals surface area contributed by atoms with Gasteiger partial charge >= 0.3 is 0 Å². The molecule has 0 atom stereocenters. The van der Waals surface area contributed by atoms with Crippen LogP contribution in [0.4, 0.5) is 4.79 Å². The summed E-state index contributed by atoms with van der Waals surface area (Å²) < 4.78 is 7.94. The summed E-state index contributed by atoms with van der Waals surface area (Å²) in [6.07, 6.45) is 1.74. The first kappa shape index (κ1) is 25.8. The number of thioether (sulfide) groups is 1. The van der Waals surface area contributed by atoms with Gasteiger partial charge < -0.3 is 4.74 Å². The normalized spacial score (nSPS) is 14.9. The van der Waals surface area contributed by atoms with Crippen molar-refractivity contribution < 1.29 is 14.3 Å². The highest BCUT2D eigenvalue weighted by atomic mass is 127. The fourth-order valence-electron chi connectivity index (χ4n) is 3.37. The number of nitrogens with zero attached hydrogens (tertiary/aromatic N) is 1. The molecule has 1 heterocycles. The molecule has 9 heteroatoms. The fourth-order valence-corrected chi connectivity index (χ4v) is 6.65. The van der Waals surface area contributed by atoms with E-state index in [2.05, 4.69) is 64.2 Å². The van der Waals surface area contributed by atoms with E-state index in [9.17, 15) is 9.59 Å². The molecule has 0 bridgehead atoms. The van der Waals surface area contributed by atoms with Crippen molar-refractivity contribution in [1.82, 2.24) is 4.90 Å². The Bertz CT molecular complexity index is 1310. The third-order valence-corrected chi connectivity index (χ3v) is 8.23. The van der Waals surface area contributed by atoms with Crippen LogP contribution in [0.25, 0.3) is 6.08 Å². The zero-order valence-corrected chi connectivity index (χ0v) is 24.4. The van der Waals surface area contributed by atoms with Gasteiger partial charge in [0.05, 0.1) is 28.6 Å². The lowest BCUT2D eigenvalue weighted by Crippen LogP contribution is -2.27. The van der Waals surface area contributed by atoms with E-state index in [0.717, 1.165) is 41.3 Å². The summed E-state index contributed by atoms with van der Waals surface area (Å²) in [6.45, 7) is 2.67. The molecule has 1 aliphatic heterocycles. The molecule has 3 aromatic carbocycles. The van der Waals surface area contributed by atoms with E-state index in [0.29, 0.717) is 21.6 Å². The number of amides is 2. The average molecular weight is 736 g/mol. The van der Waals surface area contributed by atoms with E-state index in [1.54, 1.807) is 24.3 Å². The molecule has 0 aromatic heterocycles. The van der Waals surface area contributed by atoms with E-state index in [-0.39, 0.29) is 17.7 Å². The topological polar surface area (TPSA) is 46.6 Å². The van der Waals surface area contributed by atoms with E-state index in [4.69, 9.17) is 27.9 Å². The highest BCUT2D eigenvalue weighted by Crippen LogP contribution is 2.36. The van der Waals surface area contributed by atoms with Crippen molar-refractivity contribution in [3.63, 3.8) is 0 Å². The molecule has 0 unspecified atom stereocenters. The molecule has 174 valence electrons. The van der Waals surface area contributed by atoms with Gasteiger partial charge in [0.2, 0.25) is 0 Å². The molecule has 34 heavy (non-hydrogen) atoms. The molecule has 4 rings (SSSR count). The molecule has 0 aliphatic carbocycles. The Balaban J connectivity index is 1.50. The van der Waals surface area contributed by atoms with Crippen molar-refractivity contribution in [3.8, 4) is 5.75 Å². The van der Waals surface area contributed by atoms with E-state index >= 15 is 0 Å². The third kappa shape index (κ3) is 6.10. The van der Waals surface area contributed by atoms with Gasteiger partial charge in [-0.05, 0) is 111 Å². The number of hydrogen-bond donors (Lipinski definition) is 0. The van der Waals surface area contributed by atoms with Crippen molar-refractivity contribution in [2.24, 2.45) is 0 Å². The monoisotopic (exact) mass is 735 g/mol. The van der Waals surface area contributed by atoms with Crippen LogP contribution in [-0.4, -0.2) is 16.0 Å². The van der Waals surface area contributed by atoms with E-state index in [1.807, 2.05) is 24.3 Å². The van der Waals surface area contributed by atoms with E-state index in [1.165, 1.54) is 10.5 Å². The summed E-state index contributed by atoms with van der Waals surface area (Å²) in [5, 5.41) is 0.496. The summed E-state index contributed by atoms with van der Waals surface area (Å²) in [4.78, 5) is 27.0. The predicted molar refractivity (Wildman–Crippen MR) is 155 cm³/mol. The third-order valence-electron chi connectivity index (χ3n) is 4.98. The van der Waals surface area contributed by atoms with Gasteiger partial charge in [0.15, 0.2) is 0 Å². The molecule has 1 fully saturated rings. The minimum absolute atomic E-state index is 0.139. The Morgan fingerprint density at radius 3 is 2.38 bits per heavy atom. The molecule has 4 nitrogen and oxygen atoms in total. The molecule has 3 aromatic rings. The van der Waals surface area contributed by atoms with Crippen LogP contribution in [0.3, 0.4) is 0 Å². The van der Waals surface area contributed by atoms with Crippen molar-refractivity contribution >= 4 is 97.4 Å². The van der Waals surface area contributed by atoms with Crippen LogP contribution < -0.4 is 4.74 Å². The summed E-state index contributed by atoms with van der Waals surface area (Å²) >= 11 is 17.4. The molecule has 0 N–H and O–H groups in total. The smallest absolute Gasteiger partial charge is 0.293 e. The number of rotatable bonds is 6. The minimum atomic E-state index is -0.328. The Kier molecular flexibility index (Phi) is 8.50. The van der Waals surface area contributed by atoms with Crippen LogP contribution in [0.1, 0.15) is 22.3 Å². The minimum Gasteiger partial charge on any atom is -0.487 e. The van der Waals surface area contributed by atoms with Crippen molar-refractivity contribution in [2.45, 2.75) is 20.1 Å². The number of imide groups is 1. The zero-order valence-electron chi connectivity index (χ0n) is 17.8. The molecule has 0 spiro atoms. The Morgan fingerprint density at radius 1 is 0.971 bits per heavy atom. The van der Waals surface area contributed by atoms with Gasteiger partial charge in [-0.1, -0.05) is 59.1 Å². The SMILES string of the molecule is Cc1cccc(COc2c(I)cc(/C=C3\SC(=O)N(Cc4ccc(Cl)c(Cl)c4)C3=O)cc2I)c1. The summed E-state index contributed by atoms with van der Waals surface area (Å²) in [5.41, 5.74) is 3.86. The number of ether oxygens (including phenoxy) is 1. The van der Waals surface area contributed by atoms with Gasteiger partial charge in [0.1, 0.15) is 12.4 Å². The lowest BCUT2D eigenvalue weighted by atomic mass is 10.1.